The van der Waals surface area contributed by atoms with Gasteiger partial charge in [0.2, 0.25) is 17.7 Å². The average Bonchev–Trinajstić information content (AvgIpc) is 3.59. The molecule has 1 N–H and O–H groups in total. The molecule has 0 bridgehead atoms. The Labute approximate surface area is 263 Å². The van der Waals surface area contributed by atoms with Crippen LogP contribution in [-0.4, -0.2) is 71.6 Å². The minimum atomic E-state index is -1.10. The van der Waals surface area contributed by atoms with Crippen molar-refractivity contribution in [1.29, 1.82) is 0 Å². The minimum Gasteiger partial charge on any atom is -0.497 e. The predicted molar refractivity (Wildman–Crippen MR) is 168 cm³/mol. The van der Waals surface area contributed by atoms with Gasteiger partial charge in [0.15, 0.2) is 5.82 Å². The highest BCUT2D eigenvalue weighted by atomic mass is 16.5. The van der Waals surface area contributed by atoms with E-state index in [1.807, 2.05) is 54.6 Å². The Kier molecular flexibility index (Phi) is 8.74. The Morgan fingerprint density at radius 2 is 1.87 bits per heavy atom. The van der Waals surface area contributed by atoms with Crippen LogP contribution in [-0.2, 0) is 19.1 Å². The maximum absolute atomic E-state index is 14.0. The Bertz CT molecular complexity index is 1610. The third-order valence-electron chi connectivity index (χ3n) is 9.21. The number of benzene rings is 2. The van der Waals surface area contributed by atoms with Crippen LogP contribution in [0.2, 0.25) is 0 Å². The average molecular weight is 613 g/mol. The van der Waals surface area contributed by atoms with Gasteiger partial charge < -0.3 is 24.4 Å². The first-order valence-electron chi connectivity index (χ1n) is 15.8. The second-order valence-corrected chi connectivity index (χ2v) is 12.2. The quantitative estimate of drug-likeness (QED) is 0.314. The fourth-order valence-electron chi connectivity index (χ4n) is 6.61. The summed E-state index contributed by atoms with van der Waals surface area (Å²) in [7, 11) is 3.40. The highest BCUT2D eigenvalue weighted by molar-refractivity contribution is 5.95. The zero-order valence-electron chi connectivity index (χ0n) is 26.0. The van der Waals surface area contributed by atoms with E-state index < -0.39 is 29.4 Å². The fraction of sp³-hybridized carbons (Fsp3) is 0.457. The second-order valence-electron chi connectivity index (χ2n) is 12.2. The van der Waals surface area contributed by atoms with Crippen molar-refractivity contribution in [1.82, 2.24) is 20.2 Å². The first-order valence-corrected chi connectivity index (χ1v) is 15.8. The molecule has 1 aromatic heterocycles. The molecule has 0 unspecified atom stereocenters. The predicted octanol–water partition coefficient (Wildman–Crippen LogP) is 4.72. The van der Waals surface area contributed by atoms with Crippen LogP contribution >= 0.6 is 0 Å². The Morgan fingerprint density at radius 1 is 1.07 bits per heavy atom. The number of aromatic nitrogens is 2. The molecule has 3 aromatic rings. The van der Waals surface area contributed by atoms with Gasteiger partial charge in [-0.15, -0.1) is 0 Å². The lowest BCUT2D eigenvalue weighted by atomic mass is 9.93. The van der Waals surface area contributed by atoms with E-state index >= 15 is 0 Å². The summed E-state index contributed by atoms with van der Waals surface area (Å²) in [4.78, 5) is 52.2. The molecule has 5 atom stereocenters. The monoisotopic (exact) mass is 612 g/mol. The molecule has 2 aromatic carbocycles. The number of fused-ring (bicyclic) bond motifs is 3. The van der Waals surface area contributed by atoms with Crippen LogP contribution < -0.4 is 14.8 Å². The van der Waals surface area contributed by atoms with Crippen LogP contribution in [0.3, 0.4) is 0 Å². The second kappa shape index (κ2) is 12.9. The van der Waals surface area contributed by atoms with Gasteiger partial charge >= 0.3 is 5.97 Å². The van der Waals surface area contributed by atoms with Crippen molar-refractivity contribution in [3.05, 3.63) is 60.7 Å². The van der Waals surface area contributed by atoms with Crippen molar-refractivity contribution in [2.75, 3.05) is 27.3 Å². The highest BCUT2D eigenvalue weighted by Crippen LogP contribution is 2.47. The molecule has 2 saturated carbocycles. The summed E-state index contributed by atoms with van der Waals surface area (Å²) in [6.45, 7) is 2.59. The van der Waals surface area contributed by atoms with Gasteiger partial charge in [0.1, 0.15) is 17.4 Å². The maximum Gasteiger partial charge on any atom is 0.332 e. The lowest BCUT2D eigenvalue weighted by Gasteiger charge is -2.26. The van der Waals surface area contributed by atoms with Crippen LogP contribution in [0.25, 0.3) is 22.3 Å². The number of hydrogen-bond donors (Lipinski definition) is 1. The molecule has 2 aliphatic carbocycles. The van der Waals surface area contributed by atoms with E-state index in [9.17, 15) is 14.4 Å². The smallest absolute Gasteiger partial charge is 0.332 e. The van der Waals surface area contributed by atoms with E-state index in [0.717, 1.165) is 24.8 Å². The molecule has 0 radical (unpaired) electrons. The van der Waals surface area contributed by atoms with Crippen molar-refractivity contribution in [3.63, 3.8) is 0 Å². The van der Waals surface area contributed by atoms with Gasteiger partial charge in [0, 0.05) is 31.1 Å². The van der Waals surface area contributed by atoms with Crippen molar-refractivity contribution in [3.8, 4) is 23.0 Å². The molecule has 45 heavy (non-hydrogen) atoms. The molecule has 2 heterocycles. The third-order valence-corrected chi connectivity index (χ3v) is 9.21. The first kappa shape index (κ1) is 30.6. The summed E-state index contributed by atoms with van der Waals surface area (Å²) in [6, 6.07) is 15.2. The molecule has 6 rings (SSSR count). The van der Waals surface area contributed by atoms with E-state index in [-0.39, 0.29) is 24.3 Å². The lowest BCUT2D eigenvalue weighted by Crippen LogP contribution is -2.50. The molecule has 0 saturated heterocycles. The largest absolute Gasteiger partial charge is 0.497 e. The van der Waals surface area contributed by atoms with E-state index in [1.54, 1.807) is 26.0 Å². The van der Waals surface area contributed by atoms with Crippen LogP contribution in [0.4, 0.5) is 0 Å². The van der Waals surface area contributed by atoms with Gasteiger partial charge in [0.05, 0.1) is 36.5 Å². The molecule has 2 fully saturated rings. The van der Waals surface area contributed by atoms with Gasteiger partial charge in [-0.2, -0.15) is 4.98 Å². The minimum absolute atomic E-state index is 0.0892. The molecule has 0 spiro atoms. The summed E-state index contributed by atoms with van der Waals surface area (Å²) in [5.41, 5.74) is 0.395. The highest BCUT2D eigenvalue weighted by Gasteiger charge is 2.62. The molecule has 10 nitrogen and oxygen atoms in total. The summed E-state index contributed by atoms with van der Waals surface area (Å²) >= 11 is 0. The van der Waals surface area contributed by atoms with E-state index in [1.165, 1.54) is 0 Å². The van der Waals surface area contributed by atoms with Crippen LogP contribution in [0.15, 0.2) is 60.7 Å². The number of ether oxygens (including phenoxy) is 3. The lowest BCUT2D eigenvalue weighted by molar-refractivity contribution is -0.150. The molecule has 2 amide bonds. The standard InChI is InChI=1S/C35H40N4O6/c1-4-44-34(42)35-21-23(35)14-10-5-6-11-17-39(2)33(41)28-19-25(18-27(28)31(40)38-35)45-32-26-16-15-24(43-3)20-29(26)36-30(37-32)22-12-8-7-9-13-22/h7-10,12-16,20,23,25,27-28H,4-6,11,17-19,21H2,1-3H3,(H,38,40)/b14-10-/t23-,25-,27-,28-,35-/m1/s1. The number of esters is 1. The van der Waals surface area contributed by atoms with Gasteiger partial charge in [-0.05, 0) is 57.6 Å². The zero-order chi connectivity index (χ0) is 31.6. The van der Waals surface area contributed by atoms with E-state index in [4.69, 9.17) is 24.2 Å². The van der Waals surface area contributed by atoms with Crippen LogP contribution in [0.5, 0.6) is 11.6 Å². The fourth-order valence-corrected chi connectivity index (χ4v) is 6.61. The number of hydrogen-bond acceptors (Lipinski definition) is 8. The van der Waals surface area contributed by atoms with Crippen LogP contribution in [0.1, 0.15) is 45.4 Å². The summed E-state index contributed by atoms with van der Waals surface area (Å²) < 4.78 is 17.4. The number of allylic oxidation sites excluding steroid dienone is 1. The molecule has 1 aliphatic heterocycles. The Balaban J connectivity index is 1.32. The van der Waals surface area contributed by atoms with Crippen molar-refractivity contribution < 1.29 is 28.6 Å². The zero-order valence-corrected chi connectivity index (χ0v) is 26.0. The Hall–Kier alpha value is -4.47. The number of nitrogens with one attached hydrogen (secondary N) is 1. The normalized spacial score (nSPS) is 27.5. The van der Waals surface area contributed by atoms with Gasteiger partial charge in [-0.1, -0.05) is 42.5 Å². The van der Waals surface area contributed by atoms with E-state index in [2.05, 4.69) is 11.4 Å². The third kappa shape index (κ3) is 6.23. The summed E-state index contributed by atoms with van der Waals surface area (Å²) in [5.74, 6) is -0.705. The molecule has 236 valence electrons. The van der Waals surface area contributed by atoms with Gasteiger partial charge in [-0.3, -0.25) is 9.59 Å². The van der Waals surface area contributed by atoms with Gasteiger partial charge in [-0.25, -0.2) is 9.78 Å². The van der Waals surface area contributed by atoms with Gasteiger partial charge in [0.25, 0.3) is 0 Å². The number of nitrogens with zero attached hydrogens (tertiary/aromatic N) is 3. The number of carbonyl (C=O) groups is 3. The first-order chi connectivity index (χ1) is 21.8. The van der Waals surface area contributed by atoms with Crippen molar-refractivity contribution in [2.24, 2.45) is 17.8 Å². The number of rotatable bonds is 6. The summed E-state index contributed by atoms with van der Waals surface area (Å²) in [6.07, 6.45) is 7.38. The Morgan fingerprint density at radius 3 is 2.64 bits per heavy atom. The molecule has 10 heteroatoms. The maximum atomic E-state index is 14.0. The molecular formula is C35H40N4O6. The summed E-state index contributed by atoms with van der Waals surface area (Å²) in [5, 5.41) is 3.74. The molecular weight excluding hydrogens is 572 g/mol. The van der Waals surface area contributed by atoms with Crippen molar-refractivity contribution >= 4 is 28.7 Å². The van der Waals surface area contributed by atoms with Crippen LogP contribution in [0, 0.1) is 17.8 Å². The van der Waals surface area contributed by atoms with Crippen molar-refractivity contribution in [2.45, 2.75) is 57.1 Å². The number of carbonyl (C=O) groups excluding carboxylic acids is 3. The number of methoxy groups -OCH3 is 1. The van der Waals surface area contributed by atoms with E-state index in [0.29, 0.717) is 54.2 Å². The number of amides is 2. The topological polar surface area (TPSA) is 120 Å². The SMILES string of the molecule is CCOC(=O)[C@@]12C[C@H]1/C=C\CCCCN(C)C(=O)[C@@H]1C[C@H](Oc3nc(-c4ccccc4)nc4cc(OC)ccc34)C[C@H]1C(=O)N2. The molecule has 3 aliphatic rings.